The van der Waals surface area contributed by atoms with Crippen molar-refractivity contribution in [3.05, 3.63) is 0 Å². The second-order valence-corrected chi connectivity index (χ2v) is 10.4. The van der Waals surface area contributed by atoms with Crippen molar-refractivity contribution in [1.29, 1.82) is 0 Å². The highest BCUT2D eigenvalue weighted by atomic mass is 127. The predicted octanol–water partition coefficient (Wildman–Crippen LogP) is 5.37. The fourth-order valence-corrected chi connectivity index (χ4v) is 4.18. The SMILES string of the molecule is CC(C)CC(C)(I)C(=O)OC1CCC(C(C)(C)C)CC1. The lowest BCUT2D eigenvalue weighted by Gasteiger charge is -2.37. The average molecular weight is 394 g/mol. The van der Waals surface area contributed by atoms with E-state index in [1.165, 1.54) is 12.8 Å². The second kappa shape index (κ2) is 6.97. The van der Waals surface area contributed by atoms with E-state index in [2.05, 4.69) is 57.2 Å². The molecule has 1 rings (SSSR count). The summed E-state index contributed by atoms with van der Waals surface area (Å²) in [6.07, 6.45) is 5.45. The van der Waals surface area contributed by atoms with Crippen LogP contribution >= 0.6 is 22.6 Å². The molecule has 0 amide bonds. The largest absolute Gasteiger partial charge is 0.461 e. The number of ether oxygens (including phenoxy) is 1. The molecule has 1 unspecified atom stereocenters. The van der Waals surface area contributed by atoms with Crippen LogP contribution in [-0.2, 0) is 9.53 Å². The molecule has 0 bridgehead atoms. The van der Waals surface area contributed by atoms with E-state index >= 15 is 0 Å². The molecule has 0 N–H and O–H groups in total. The zero-order chi connectivity index (χ0) is 15.6. The number of carbonyl (C=O) groups is 1. The number of esters is 1. The summed E-state index contributed by atoms with van der Waals surface area (Å²) in [7, 11) is 0. The van der Waals surface area contributed by atoms with E-state index in [0.717, 1.165) is 25.2 Å². The van der Waals surface area contributed by atoms with Crippen LogP contribution in [0.2, 0.25) is 0 Å². The monoisotopic (exact) mass is 394 g/mol. The molecule has 1 fully saturated rings. The van der Waals surface area contributed by atoms with Gasteiger partial charge in [0.05, 0.1) is 0 Å². The van der Waals surface area contributed by atoms with Crippen LogP contribution in [0.1, 0.15) is 73.6 Å². The van der Waals surface area contributed by atoms with Gasteiger partial charge >= 0.3 is 5.97 Å². The van der Waals surface area contributed by atoms with Gasteiger partial charge in [-0.1, -0.05) is 57.2 Å². The lowest BCUT2D eigenvalue weighted by Crippen LogP contribution is -2.37. The van der Waals surface area contributed by atoms with Crippen LogP contribution in [0.15, 0.2) is 0 Å². The van der Waals surface area contributed by atoms with Gasteiger partial charge in [-0.15, -0.1) is 0 Å². The Kier molecular flexibility index (Phi) is 6.36. The number of alkyl halides is 1. The van der Waals surface area contributed by atoms with Crippen molar-refractivity contribution in [3.63, 3.8) is 0 Å². The van der Waals surface area contributed by atoms with Crippen LogP contribution in [0.4, 0.5) is 0 Å². The Morgan fingerprint density at radius 3 is 2.05 bits per heavy atom. The van der Waals surface area contributed by atoms with Crippen molar-refractivity contribution < 1.29 is 9.53 Å². The number of hydrogen-bond acceptors (Lipinski definition) is 2. The molecule has 0 radical (unpaired) electrons. The molecule has 20 heavy (non-hydrogen) atoms. The summed E-state index contributed by atoms with van der Waals surface area (Å²) in [5.74, 6) is 1.26. The molecule has 2 nitrogen and oxygen atoms in total. The second-order valence-electron chi connectivity index (χ2n) is 8.04. The summed E-state index contributed by atoms with van der Waals surface area (Å²) in [5, 5.41) is 0. The fourth-order valence-electron chi connectivity index (χ4n) is 3.17. The maximum atomic E-state index is 12.3. The minimum Gasteiger partial charge on any atom is -0.461 e. The standard InChI is InChI=1S/C17H31IO2/c1-12(2)11-17(6,18)15(19)20-14-9-7-13(8-10-14)16(3,4)5/h12-14H,7-11H2,1-6H3. The van der Waals surface area contributed by atoms with Crippen LogP contribution in [0.3, 0.4) is 0 Å². The van der Waals surface area contributed by atoms with E-state index in [4.69, 9.17) is 4.74 Å². The average Bonchev–Trinajstić information content (AvgIpc) is 2.26. The Labute approximate surface area is 138 Å². The third-order valence-electron chi connectivity index (χ3n) is 4.39. The Hall–Kier alpha value is 0.200. The summed E-state index contributed by atoms with van der Waals surface area (Å²) in [6, 6.07) is 0. The summed E-state index contributed by atoms with van der Waals surface area (Å²) in [4.78, 5) is 12.3. The smallest absolute Gasteiger partial charge is 0.322 e. The first-order valence-corrected chi connectivity index (χ1v) is 9.00. The van der Waals surface area contributed by atoms with Gasteiger partial charge in [-0.25, -0.2) is 0 Å². The number of hydrogen-bond donors (Lipinski definition) is 0. The number of halogens is 1. The molecule has 1 atom stereocenters. The van der Waals surface area contributed by atoms with E-state index in [1.807, 2.05) is 6.92 Å². The molecular formula is C17H31IO2. The van der Waals surface area contributed by atoms with Gasteiger partial charge in [0.25, 0.3) is 0 Å². The number of rotatable bonds is 4. The molecule has 3 heteroatoms. The first-order chi connectivity index (χ1) is 9.02. The highest BCUT2D eigenvalue weighted by Crippen LogP contribution is 2.39. The van der Waals surface area contributed by atoms with Crippen molar-refractivity contribution in [2.75, 3.05) is 0 Å². The molecule has 0 aromatic heterocycles. The van der Waals surface area contributed by atoms with E-state index in [9.17, 15) is 4.79 Å². The van der Waals surface area contributed by atoms with Gasteiger partial charge in [-0.05, 0) is 56.3 Å². The molecule has 0 aromatic rings. The summed E-state index contributed by atoms with van der Waals surface area (Å²) < 4.78 is 5.39. The molecule has 118 valence electrons. The lowest BCUT2D eigenvalue weighted by molar-refractivity contribution is -0.153. The van der Waals surface area contributed by atoms with E-state index < -0.39 is 0 Å². The molecule has 0 aromatic carbocycles. The quantitative estimate of drug-likeness (QED) is 0.364. The van der Waals surface area contributed by atoms with Crippen LogP contribution in [0, 0.1) is 17.3 Å². The highest BCUT2D eigenvalue weighted by molar-refractivity contribution is 14.1. The van der Waals surface area contributed by atoms with Crippen LogP contribution in [0.5, 0.6) is 0 Å². The first kappa shape index (κ1) is 18.2. The number of carbonyl (C=O) groups excluding carboxylic acids is 1. The van der Waals surface area contributed by atoms with E-state index in [-0.39, 0.29) is 15.5 Å². The zero-order valence-corrected chi connectivity index (χ0v) is 16.1. The molecule has 0 saturated heterocycles. The van der Waals surface area contributed by atoms with Gasteiger partial charge in [-0.3, -0.25) is 4.79 Å². The van der Waals surface area contributed by atoms with Gasteiger partial charge in [0, 0.05) is 0 Å². The topological polar surface area (TPSA) is 26.3 Å². The third kappa shape index (κ3) is 5.53. The van der Waals surface area contributed by atoms with Crippen molar-refractivity contribution in [1.82, 2.24) is 0 Å². The Morgan fingerprint density at radius 2 is 1.65 bits per heavy atom. The van der Waals surface area contributed by atoms with Crippen molar-refractivity contribution in [2.45, 2.75) is 83.2 Å². The Bertz CT molecular complexity index is 320. The summed E-state index contributed by atoms with van der Waals surface area (Å²) in [5.41, 5.74) is 0.379. The van der Waals surface area contributed by atoms with Crippen molar-refractivity contribution in [2.24, 2.45) is 17.3 Å². The zero-order valence-electron chi connectivity index (χ0n) is 14.0. The van der Waals surface area contributed by atoms with Gasteiger partial charge in [0.2, 0.25) is 0 Å². The summed E-state index contributed by atoms with van der Waals surface area (Å²) >= 11 is 2.26. The first-order valence-electron chi connectivity index (χ1n) is 7.92. The van der Waals surface area contributed by atoms with Crippen LogP contribution in [-0.4, -0.2) is 15.5 Å². The maximum absolute atomic E-state index is 12.3. The molecule has 1 saturated carbocycles. The maximum Gasteiger partial charge on any atom is 0.322 e. The summed E-state index contributed by atoms with van der Waals surface area (Å²) in [6.45, 7) is 13.2. The van der Waals surface area contributed by atoms with Crippen LogP contribution < -0.4 is 0 Å². The van der Waals surface area contributed by atoms with E-state index in [1.54, 1.807) is 0 Å². The Balaban J connectivity index is 2.46. The molecule has 1 aliphatic carbocycles. The molecule has 0 heterocycles. The minimum atomic E-state index is -0.382. The predicted molar refractivity (Wildman–Crippen MR) is 93.2 cm³/mol. The van der Waals surface area contributed by atoms with E-state index in [0.29, 0.717) is 11.3 Å². The van der Waals surface area contributed by atoms with Gasteiger partial charge in [0.15, 0.2) is 0 Å². The lowest BCUT2D eigenvalue weighted by atomic mass is 9.72. The minimum absolute atomic E-state index is 0.0222. The van der Waals surface area contributed by atoms with Crippen molar-refractivity contribution >= 4 is 28.6 Å². The fraction of sp³-hybridized carbons (Fsp3) is 0.941. The van der Waals surface area contributed by atoms with Crippen LogP contribution in [0.25, 0.3) is 0 Å². The third-order valence-corrected chi connectivity index (χ3v) is 5.27. The molecule has 0 aliphatic heterocycles. The molecular weight excluding hydrogens is 363 g/mol. The van der Waals surface area contributed by atoms with Gasteiger partial charge in [-0.2, -0.15) is 0 Å². The Morgan fingerprint density at radius 1 is 1.15 bits per heavy atom. The van der Waals surface area contributed by atoms with Gasteiger partial charge in [0.1, 0.15) is 9.53 Å². The van der Waals surface area contributed by atoms with Crippen molar-refractivity contribution in [3.8, 4) is 0 Å². The highest BCUT2D eigenvalue weighted by Gasteiger charge is 2.36. The molecule has 1 aliphatic rings. The molecule has 0 spiro atoms. The normalized spacial score (nSPS) is 27.2. The van der Waals surface area contributed by atoms with Gasteiger partial charge < -0.3 is 4.74 Å².